The maximum Gasteiger partial charge on any atom is 0.351 e. The van der Waals surface area contributed by atoms with Crippen molar-refractivity contribution in [3.8, 4) is 6.07 Å². The first kappa shape index (κ1) is 25.2. The van der Waals surface area contributed by atoms with E-state index >= 15 is 0 Å². The fraction of sp³-hybridized carbons (Fsp3) is 0.417. The molecule has 34 heavy (non-hydrogen) atoms. The van der Waals surface area contributed by atoms with Crippen LogP contribution in [0.15, 0.2) is 29.1 Å². The normalized spacial score (nSPS) is 15.0. The Balaban J connectivity index is 1.77. The molecule has 0 aliphatic carbocycles. The standard InChI is InChI=1S/C24H29N5O4S/c1-3-29-22(31)20(34-23(29)19(15-25)24(32)33-4-2)16-26-17-8-7-9-18(14-17)27-21(30)10-13-28-11-5-6-12-28/h7-9,14,16,26H,3-6,10-13H2,1-2H3,(H,27,30)/b20-16+,23-19-. The van der Waals surface area contributed by atoms with Gasteiger partial charge >= 0.3 is 5.97 Å². The molecular formula is C24H29N5O4S. The Morgan fingerprint density at radius 2 is 1.97 bits per heavy atom. The van der Waals surface area contributed by atoms with E-state index in [0.717, 1.165) is 31.0 Å². The lowest BCUT2D eigenvalue weighted by molar-refractivity contribution is -0.136. The number of aromatic nitrogens is 1. The summed E-state index contributed by atoms with van der Waals surface area (Å²) in [4.78, 5) is 39.5. The first-order chi connectivity index (χ1) is 16.5. The van der Waals surface area contributed by atoms with Gasteiger partial charge in [0, 0.05) is 37.1 Å². The van der Waals surface area contributed by atoms with Crippen LogP contribution in [-0.4, -0.2) is 47.6 Å². The number of benzene rings is 1. The zero-order chi connectivity index (χ0) is 24.5. The van der Waals surface area contributed by atoms with Gasteiger partial charge in [0.15, 0.2) is 5.57 Å². The van der Waals surface area contributed by atoms with Crippen molar-refractivity contribution in [3.05, 3.63) is 43.8 Å². The Hall–Kier alpha value is -3.42. The van der Waals surface area contributed by atoms with Crippen molar-refractivity contribution in [2.24, 2.45) is 0 Å². The van der Waals surface area contributed by atoms with Crippen molar-refractivity contribution < 1.29 is 14.3 Å². The average molecular weight is 484 g/mol. The van der Waals surface area contributed by atoms with Gasteiger partial charge < -0.3 is 20.3 Å². The highest BCUT2D eigenvalue weighted by molar-refractivity contribution is 7.07. The number of amides is 1. The molecule has 9 nitrogen and oxygen atoms in total. The van der Waals surface area contributed by atoms with E-state index in [2.05, 4.69) is 15.5 Å². The summed E-state index contributed by atoms with van der Waals surface area (Å²) in [6.07, 6.45) is 4.37. The minimum atomic E-state index is -0.749. The maximum atomic E-state index is 12.8. The van der Waals surface area contributed by atoms with Crippen LogP contribution >= 0.6 is 11.3 Å². The maximum absolute atomic E-state index is 12.8. The van der Waals surface area contributed by atoms with Crippen molar-refractivity contribution in [1.29, 1.82) is 5.26 Å². The predicted octanol–water partition coefficient (Wildman–Crippen LogP) is 1.44. The lowest BCUT2D eigenvalue weighted by Gasteiger charge is -2.14. The molecule has 1 aliphatic heterocycles. The molecule has 0 unspecified atom stereocenters. The highest BCUT2D eigenvalue weighted by Crippen LogP contribution is 2.16. The van der Waals surface area contributed by atoms with Crippen molar-refractivity contribution in [2.45, 2.75) is 39.7 Å². The molecule has 0 bridgehead atoms. The van der Waals surface area contributed by atoms with Gasteiger partial charge in [-0.2, -0.15) is 5.26 Å². The Bertz CT molecular complexity index is 1250. The predicted molar refractivity (Wildman–Crippen MR) is 133 cm³/mol. The van der Waals surface area contributed by atoms with E-state index in [1.54, 1.807) is 32.0 Å². The molecule has 0 spiro atoms. The van der Waals surface area contributed by atoms with Gasteiger partial charge in [-0.15, -0.1) is 11.3 Å². The van der Waals surface area contributed by atoms with Crippen LogP contribution in [0.1, 0.15) is 33.1 Å². The fourth-order valence-electron chi connectivity index (χ4n) is 3.70. The summed E-state index contributed by atoms with van der Waals surface area (Å²) >= 11 is 1.05. The van der Waals surface area contributed by atoms with E-state index in [9.17, 15) is 19.6 Å². The highest BCUT2D eigenvalue weighted by atomic mass is 32.1. The first-order valence-electron chi connectivity index (χ1n) is 11.4. The van der Waals surface area contributed by atoms with Crippen molar-refractivity contribution in [3.63, 3.8) is 0 Å². The quantitative estimate of drug-likeness (QED) is 0.519. The van der Waals surface area contributed by atoms with E-state index < -0.39 is 5.97 Å². The van der Waals surface area contributed by atoms with Crippen LogP contribution in [0.5, 0.6) is 0 Å². The smallest absolute Gasteiger partial charge is 0.351 e. The topological polar surface area (TPSA) is 116 Å². The summed E-state index contributed by atoms with van der Waals surface area (Å²) in [5, 5.41) is 15.4. The van der Waals surface area contributed by atoms with Crippen molar-refractivity contribution in [1.82, 2.24) is 9.47 Å². The largest absolute Gasteiger partial charge is 0.462 e. The van der Waals surface area contributed by atoms with E-state index in [1.165, 1.54) is 23.6 Å². The molecule has 1 aliphatic rings. The highest BCUT2D eigenvalue weighted by Gasteiger charge is 2.16. The number of rotatable bonds is 9. The first-order valence-corrected chi connectivity index (χ1v) is 12.2. The van der Waals surface area contributed by atoms with E-state index in [4.69, 9.17) is 4.74 Å². The second kappa shape index (κ2) is 12.2. The minimum absolute atomic E-state index is 0.0414. The van der Waals surface area contributed by atoms with Crippen LogP contribution in [0.25, 0.3) is 11.8 Å². The molecule has 2 N–H and O–H groups in total. The van der Waals surface area contributed by atoms with Gasteiger partial charge in [0.05, 0.1) is 6.61 Å². The molecule has 2 aromatic rings. The van der Waals surface area contributed by atoms with Crippen LogP contribution in [0.3, 0.4) is 0 Å². The van der Waals surface area contributed by atoms with Crippen LogP contribution in [-0.2, 0) is 20.9 Å². The van der Waals surface area contributed by atoms with E-state index in [0.29, 0.717) is 28.9 Å². The number of esters is 1. The molecule has 180 valence electrons. The molecule has 1 fully saturated rings. The molecule has 1 saturated heterocycles. The molecule has 1 aromatic carbocycles. The summed E-state index contributed by atoms with van der Waals surface area (Å²) in [5.74, 6) is -0.790. The van der Waals surface area contributed by atoms with Crippen LogP contribution in [0, 0.1) is 11.3 Å². The Morgan fingerprint density at radius 1 is 1.24 bits per heavy atom. The number of nitrogens with one attached hydrogen (secondary N) is 2. The van der Waals surface area contributed by atoms with Gasteiger partial charge in [-0.1, -0.05) is 6.07 Å². The number of likely N-dealkylation sites (tertiary alicyclic amines) is 1. The summed E-state index contributed by atoms with van der Waals surface area (Å²) in [5.41, 5.74) is 0.845. The number of hydrogen-bond donors (Lipinski definition) is 2. The summed E-state index contributed by atoms with van der Waals surface area (Å²) in [6, 6.07) is 9.07. The van der Waals surface area contributed by atoms with Crippen LogP contribution in [0.2, 0.25) is 0 Å². The molecule has 10 heteroatoms. The number of thiazole rings is 1. The van der Waals surface area contributed by atoms with Gasteiger partial charge in [0.2, 0.25) is 5.91 Å². The number of carbonyl (C=O) groups is 2. The number of nitrogens with zero attached hydrogens (tertiary/aromatic N) is 3. The number of hydrogen-bond acceptors (Lipinski definition) is 8. The minimum Gasteiger partial charge on any atom is -0.462 e. The molecule has 0 radical (unpaired) electrons. The number of carbonyl (C=O) groups excluding carboxylic acids is 2. The second-order valence-corrected chi connectivity index (χ2v) is 8.78. The van der Waals surface area contributed by atoms with Crippen LogP contribution < -0.4 is 25.4 Å². The molecule has 3 rings (SSSR count). The number of anilines is 2. The SMILES string of the molecule is CCOC(=O)/C(C#N)=c1\s/c(=C/Nc2cccc(NC(=O)CCN3CCCC3)c2)c(=O)n1CC. The van der Waals surface area contributed by atoms with Crippen molar-refractivity contribution >= 4 is 46.4 Å². The lowest BCUT2D eigenvalue weighted by atomic mass is 10.2. The third-order valence-corrected chi connectivity index (χ3v) is 6.53. The van der Waals surface area contributed by atoms with Crippen molar-refractivity contribution in [2.75, 3.05) is 36.9 Å². The van der Waals surface area contributed by atoms with Gasteiger partial charge in [0.25, 0.3) is 5.56 Å². The number of ether oxygens (including phenoxy) is 1. The third-order valence-electron chi connectivity index (χ3n) is 5.40. The van der Waals surface area contributed by atoms with Crippen LogP contribution in [0.4, 0.5) is 11.4 Å². The summed E-state index contributed by atoms with van der Waals surface area (Å²) < 4.78 is 6.93. The Kier molecular flexibility index (Phi) is 9.01. The molecule has 0 saturated carbocycles. The Morgan fingerprint density at radius 3 is 2.65 bits per heavy atom. The second-order valence-electron chi connectivity index (χ2n) is 7.74. The average Bonchev–Trinajstić information content (AvgIpc) is 3.45. The van der Waals surface area contributed by atoms with E-state index in [1.807, 2.05) is 12.1 Å². The monoisotopic (exact) mass is 483 g/mol. The molecule has 1 amide bonds. The third kappa shape index (κ3) is 6.34. The Labute approximate surface area is 201 Å². The zero-order valence-electron chi connectivity index (χ0n) is 19.4. The summed E-state index contributed by atoms with van der Waals surface area (Å²) in [7, 11) is 0. The molecule has 0 atom stereocenters. The number of nitriles is 1. The molecule has 2 heterocycles. The van der Waals surface area contributed by atoms with Gasteiger partial charge in [0.1, 0.15) is 15.3 Å². The lowest BCUT2D eigenvalue weighted by Crippen LogP contribution is -2.32. The van der Waals surface area contributed by atoms with Gasteiger partial charge in [-0.25, -0.2) is 4.79 Å². The van der Waals surface area contributed by atoms with Gasteiger partial charge in [-0.05, 0) is 58.0 Å². The fourth-order valence-corrected chi connectivity index (χ4v) is 4.78. The van der Waals surface area contributed by atoms with E-state index in [-0.39, 0.29) is 28.3 Å². The van der Waals surface area contributed by atoms with Gasteiger partial charge in [-0.3, -0.25) is 14.2 Å². The summed E-state index contributed by atoms with van der Waals surface area (Å²) in [6.45, 7) is 6.74. The zero-order valence-corrected chi connectivity index (χ0v) is 20.2. The molecule has 1 aromatic heterocycles. The molecular weight excluding hydrogens is 454 g/mol.